The van der Waals surface area contributed by atoms with Crippen molar-refractivity contribution in [3.05, 3.63) is 23.9 Å². The molecule has 0 aliphatic heterocycles. The number of hydrogen-bond acceptors (Lipinski definition) is 4. The Hall–Kier alpha value is -1.13. The van der Waals surface area contributed by atoms with Crippen LogP contribution in [-0.2, 0) is 6.42 Å². The summed E-state index contributed by atoms with van der Waals surface area (Å²) >= 11 is 0. The third-order valence-electron chi connectivity index (χ3n) is 2.21. The lowest BCUT2D eigenvalue weighted by molar-refractivity contribution is 0.389. The van der Waals surface area contributed by atoms with E-state index in [1.807, 2.05) is 12.1 Å². The number of nitrogens with two attached hydrogens (primary N) is 1. The maximum absolute atomic E-state index is 5.43. The van der Waals surface area contributed by atoms with Gasteiger partial charge in [-0.15, -0.1) is 0 Å². The van der Waals surface area contributed by atoms with Crippen LogP contribution in [0.25, 0.3) is 0 Å². The van der Waals surface area contributed by atoms with E-state index in [1.165, 1.54) is 0 Å². The predicted molar refractivity (Wildman–Crippen MR) is 61.0 cm³/mol. The minimum absolute atomic E-state index is 0.381. The minimum Gasteiger partial charge on any atom is -0.481 e. The van der Waals surface area contributed by atoms with Crippen LogP contribution in [0.1, 0.15) is 12.5 Å². The summed E-state index contributed by atoms with van der Waals surface area (Å²) in [5, 5.41) is 3.32. The topological polar surface area (TPSA) is 60.2 Å². The van der Waals surface area contributed by atoms with Gasteiger partial charge in [0.15, 0.2) is 0 Å². The van der Waals surface area contributed by atoms with Crippen LogP contribution in [0.15, 0.2) is 18.3 Å². The molecule has 0 aromatic carbocycles. The van der Waals surface area contributed by atoms with Crippen LogP contribution in [0.5, 0.6) is 5.88 Å². The van der Waals surface area contributed by atoms with E-state index < -0.39 is 0 Å². The zero-order valence-electron chi connectivity index (χ0n) is 9.36. The molecule has 0 bridgehead atoms. The molecule has 0 spiro atoms. The van der Waals surface area contributed by atoms with Crippen LogP contribution in [0.2, 0.25) is 0 Å². The van der Waals surface area contributed by atoms with Crippen molar-refractivity contribution < 1.29 is 4.74 Å². The Morgan fingerprint density at radius 2 is 2.40 bits per heavy atom. The molecule has 0 amide bonds. The number of pyridine rings is 1. The fourth-order valence-corrected chi connectivity index (χ4v) is 1.50. The van der Waals surface area contributed by atoms with Gasteiger partial charge in [0.25, 0.3) is 0 Å². The van der Waals surface area contributed by atoms with Crippen molar-refractivity contribution in [2.75, 3.05) is 20.2 Å². The smallest absolute Gasteiger partial charge is 0.216 e. The van der Waals surface area contributed by atoms with Gasteiger partial charge in [-0.05, 0) is 19.4 Å². The number of aromatic nitrogens is 1. The monoisotopic (exact) mass is 209 g/mol. The van der Waals surface area contributed by atoms with Gasteiger partial charge in [-0.2, -0.15) is 0 Å². The molecule has 0 aliphatic carbocycles. The third-order valence-corrected chi connectivity index (χ3v) is 2.21. The summed E-state index contributed by atoms with van der Waals surface area (Å²) in [4.78, 5) is 4.16. The first-order valence-electron chi connectivity index (χ1n) is 5.19. The zero-order valence-corrected chi connectivity index (χ0v) is 9.36. The van der Waals surface area contributed by atoms with Crippen molar-refractivity contribution in [3.8, 4) is 5.88 Å². The molecule has 4 heteroatoms. The lowest BCUT2D eigenvalue weighted by Crippen LogP contribution is -2.32. The van der Waals surface area contributed by atoms with E-state index in [4.69, 9.17) is 10.5 Å². The SMILES string of the molecule is COc1ncccc1CC(C)NCCN. The normalized spacial score (nSPS) is 12.5. The van der Waals surface area contributed by atoms with Gasteiger partial charge in [-0.3, -0.25) is 0 Å². The molecule has 4 nitrogen and oxygen atoms in total. The Morgan fingerprint density at radius 3 is 3.07 bits per heavy atom. The molecule has 0 radical (unpaired) electrons. The number of hydrogen-bond donors (Lipinski definition) is 2. The molecule has 1 heterocycles. The Labute approximate surface area is 90.8 Å². The number of nitrogens with zero attached hydrogens (tertiary/aromatic N) is 1. The number of ether oxygens (including phenoxy) is 1. The first-order valence-corrected chi connectivity index (χ1v) is 5.19. The van der Waals surface area contributed by atoms with Crippen LogP contribution in [0.3, 0.4) is 0 Å². The van der Waals surface area contributed by atoms with E-state index in [2.05, 4.69) is 17.2 Å². The van der Waals surface area contributed by atoms with Gasteiger partial charge in [0.1, 0.15) is 0 Å². The Morgan fingerprint density at radius 1 is 1.60 bits per heavy atom. The predicted octanol–water partition coefficient (Wildman–Crippen LogP) is 0.569. The number of nitrogens with one attached hydrogen (secondary N) is 1. The fourth-order valence-electron chi connectivity index (χ4n) is 1.50. The van der Waals surface area contributed by atoms with Crippen LogP contribution in [-0.4, -0.2) is 31.2 Å². The number of rotatable bonds is 6. The molecule has 1 aromatic rings. The van der Waals surface area contributed by atoms with Gasteiger partial charge < -0.3 is 15.8 Å². The van der Waals surface area contributed by atoms with E-state index in [0.29, 0.717) is 18.5 Å². The van der Waals surface area contributed by atoms with Crippen LogP contribution >= 0.6 is 0 Å². The Kier molecular flexibility index (Phi) is 5.07. The third kappa shape index (κ3) is 3.85. The number of methoxy groups -OCH3 is 1. The summed E-state index contributed by atoms with van der Waals surface area (Å²) in [6.07, 6.45) is 2.64. The van der Waals surface area contributed by atoms with Crippen LogP contribution < -0.4 is 15.8 Å². The van der Waals surface area contributed by atoms with Crippen molar-refractivity contribution in [2.24, 2.45) is 5.73 Å². The van der Waals surface area contributed by atoms with Gasteiger partial charge in [-0.25, -0.2) is 4.98 Å². The van der Waals surface area contributed by atoms with Crippen LogP contribution in [0.4, 0.5) is 0 Å². The van der Waals surface area contributed by atoms with E-state index in [9.17, 15) is 0 Å². The van der Waals surface area contributed by atoms with Crippen LogP contribution in [0, 0.1) is 0 Å². The summed E-state index contributed by atoms with van der Waals surface area (Å²) in [7, 11) is 1.64. The second-order valence-corrected chi connectivity index (χ2v) is 3.52. The maximum Gasteiger partial charge on any atom is 0.216 e. The quantitative estimate of drug-likeness (QED) is 0.719. The Balaban J connectivity index is 2.55. The van der Waals surface area contributed by atoms with Crippen molar-refractivity contribution in [2.45, 2.75) is 19.4 Å². The lowest BCUT2D eigenvalue weighted by atomic mass is 10.1. The summed E-state index contributed by atoms with van der Waals surface area (Å²) < 4.78 is 5.19. The van der Waals surface area contributed by atoms with Crippen molar-refractivity contribution in [3.63, 3.8) is 0 Å². The molecule has 1 atom stereocenters. The fraction of sp³-hybridized carbons (Fsp3) is 0.545. The summed E-state index contributed by atoms with van der Waals surface area (Å²) in [6, 6.07) is 4.34. The maximum atomic E-state index is 5.43. The lowest BCUT2D eigenvalue weighted by Gasteiger charge is -2.14. The molecular formula is C11H19N3O. The molecule has 15 heavy (non-hydrogen) atoms. The average molecular weight is 209 g/mol. The molecule has 0 saturated carbocycles. The standard InChI is InChI=1S/C11H19N3O/c1-9(13-7-5-12)8-10-4-3-6-14-11(10)15-2/h3-4,6,9,13H,5,7-8,12H2,1-2H3. The molecular weight excluding hydrogens is 190 g/mol. The molecule has 3 N–H and O–H groups in total. The van der Waals surface area contributed by atoms with Gasteiger partial charge in [0.2, 0.25) is 5.88 Å². The molecule has 1 aromatic heterocycles. The minimum atomic E-state index is 0.381. The van der Waals surface area contributed by atoms with Crippen molar-refractivity contribution in [1.29, 1.82) is 0 Å². The first kappa shape index (κ1) is 11.9. The molecule has 0 saturated heterocycles. The molecule has 84 valence electrons. The highest BCUT2D eigenvalue weighted by molar-refractivity contribution is 5.26. The summed E-state index contributed by atoms with van der Waals surface area (Å²) in [6.45, 7) is 3.63. The van der Waals surface area contributed by atoms with E-state index >= 15 is 0 Å². The second-order valence-electron chi connectivity index (χ2n) is 3.52. The van der Waals surface area contributed by atoms with Gasteiger partial charge >= 0.3 is 0 Å². The molecule has 1 unspecified atom stereocenters. The van der Waals surface area contributed by atoms with E-state index in [1.54, 1.807) is 13.3 Å². The highest BCUT2D eigenvalue weighted by Crippen LogP contribution is 2.15. The Bertz CT molecular complexity index is 291. The van der Waals surface area contributed by atoms with E-state index in [0.717, 1.165) is 18.5 Å². The van der Waals surface area contributed by atoms with Gasteiger partial charge in [0.05, 0.1) is 7.11 Å². The first-order chi connectivity index (χ1) is 7.27. The summed E-state index contributed by atoms with van der Waals surface area (Å²) in [5.74, 6) is 0.707. The zero-order chi connectivity index (χ0) is 11.1. The van der Waals surface area contributed by atoms with Crippen molar-refractivity contribution >= 4 is 0 Å². The molecule has 0 aliphatic rings. The molecule has 1 rings (SSSR count). The van der Waals surface area contributed by atoms with E-state index in [-0.39, 0.29) is 0 Å². The average Bonchev–Trinajstić information content (AvgIpc) is 2.27. The highest BCUT2D eigenvalue weighted by atomic mass is 16.5. The largest absolute Gasteiger partial charge is 0.481 e. The second kappa shape index (κ2) is 6.37. The molecule has 0 fully saturated rings. The van der Waals surface area contributed by atoms with Crippen molar-refractivity contribution in [1.82, 2.24) is 10.3 Å². The summed E-state index contributed by atoms with van der Waals surface area (Å²) in [5.41, 5.74) is 6.55. The highest BCUT2D eigenvalue weighted by Gasteiger charge is 2.07. The van der Waals surface area contributed by atoms with Gasteiger partial charge in [-0.1, -0.05) is 6.07 Å². The van der Waals surface area contributed by atoms with Gasteiger partial charge in [0, 0.05) is 30.9 Å².